The van der Waals surface area contributed by atoms with E-state index >= 15 is 4.39 Å². The summed E-state index contributed by atoms with van der Waals surface area (Å²) in [6, 6.07) is 0. The third-order valence-corrected chi connectivity index (χ3v) is 7.19. The van der Waals surface area contributed by atoms with Crippen molar-refractivity contribution in [3.8, 4) is 11.8 Å². The molecule has 2 aliphatic heterocycles. The molecule has 4 heterocycles. The van der Waals surface area contributed by atoms with Crippen molar-refractivity contribution in [1.82, 2.24) is 25.6 Å². The molecule has 178 valence electrons. The molecule has 2 aromatic rings. The van der Waals surface area contributed by atoms with E-state index in [1.54, 1.807) is 6.20 Å². The van der Waals surface area contributed by atoms with E-state index in [4.69, 9.17) is 16.3 Å². The van der Waals surface area contributed by atoms with Gasteiger partial charge in [-0.1, -0.05) is 19.4 Å². The number of aromatic nitrogens is 3. The monoisotopic (exact) mass is 483 g/mol. The van der Waals surface area contributed by atoms with E-state index in [-0.39, 0.29) is 28.9 Å². The van der Waals surface area contributed by atoms with Gasteiger partial charge in [-0.2, -0.15) is 4.98 Å². The van der Waals surface area contributed by atoms with Gasteiger partial charge in [-0.3, -0.25) is 4.79 Å². The highest BCUT2D eigenvalue weighted by Crippen LogP contribution is 2.42. The van der Waals surface area contributed by atoms with Crippen LogP contribution in [0, 0.1) is 11.7 Å². The molecule has 0 aromatic carbocycles. The van der Waals surface area contributed by atoms with Crippen LogP contribution >= 0.6 is 11.6 Å². The van der Waals surface area contributed by atoms with Gasteiger partial charge >= 0.3 is 0 Å². The molecule has 0 saturated carbocycles. The average molecular weight is 484 g/mol. The minimum atomic E-state index is -0.540. The Morgan fingerprint density at radius 2 is 2.06 bits per heavy atom. The van der Waals surface area contributed by atoms with Crippen LogP contribution in [0.1, 0.15) is 56.0 Å². The molecule has 9 heteroatoms. The second-order valence-corrected chi connectivity index (χ2v) is 9.35. The predicted octanol–water partition coefficient (Wildman–Crippen LogP) is 4.29. The van der Waals surface area contributed by atoms with E-state index in [2.05, 4.69) is 32.5 Å². The van der Waals surface area contributed by atoms with Crippen molar-refractivity contribution >= 4 is 23.1 Å². The normalized spacial score (nSPS) is 20.1. The van der Waals surface area contributed by atoms with Gasteiger partial charge in [0, 0.05) is 43.4 Å². The molecular weight excluding hydrogens is 457 g/mol. The number of carbonyl (C=O) groups is 1. The molecule has 0 spiro atoms. The minimum Gasteiger partial charge on any atom is -0.417 e. The highest BCUT2D eigenvalue weighted by atomic mass is 35.5. The number of pyridine rings is 1. The first-order chi connectivity index (χ1) is 16.4. The van der Waals surface area contributed by atoms with Crippen molar-refractivity contribution in [2.45, 2.75) is 53.0 Å². The molecule has 1 amide bonds. The van der Waals surface area contributed by atoms with Gasteiger partial charge in [-0.05, 0) is 60.4 Å². The summed E-state index contributed by atoms with van der Waals surface area (Å²) >= 11 is 6.11. The van der Waals surface area contributed by atoms with Crippen LogP contribution in [0.25, 0.3) is 5.57 Å². The summed E-state index contributed by atoms with van der Waals surface area (Å²) in [7, 11) is 0. The highest BCUT2D eigenvalue weighted by Gasteiger charge is 2.32. The van der Waals surface area contributed by atoms with Crippen LogP contribution in [-0.2, 0) is 24.2 Å². The average Bonchev–Trinajstić information content (AvgIpc) is 2.83. The standard InChI is InChI=1S/C25H27ClFN5O2/c1-4-15-16(19-13(3)12(2)9-29-22(19)33)6-5-14-10-30-24(21(27)20(14)15)34-23-17-11-28-8-7-18(17)31-25(26)32-23/h10,12,28H,4-9,11H2,1-3H3,(H,29,33)/t12-/m0/s1. The van der Waals surface area contributed by atoms with Gasteiger partial charge in [0.15, 0.2) is 5.82 Å². The van der Waals surface area contributed by atoms with E-state index in [1.807, 2.05) is 13.8 Å². The van der Waals surface area contributed by atoms with Crippen LogP contribution in [-0.4, -0.2) is 33.9 Å². The molecule has 2 aromatic heterocycles. The van der Waals surface area contributed by atoms with Crippen molar-refractivity contribution in [3.63, 3.8) is 0 Å². The van der Waals surface area contributed by atoms with Gasteiger partial charge in [0.1, 0.15) is 0 Å². The van der Waals surface area contributed by atoms with Gasteiger partial charge in [0.05, 0.1) is 11.3 Å². The molecule has 0 radical (unpaired) electrons. The van der Waals surface area contributed by atoms with Crippen LogP contribution in [0.5, 0.6) is 11.8 Å². The van der Waals surface area contributed by atoms with Crippen molar-refractivity contribution in [3.05, 3.63) is 56.4 Å². The lowest BCUT2D eigenvalue weighted by Gasteiger charge is -2.30. The van der Waals surface area contributed by atoms with Crippen molar-refractivity contribution < 1.29 is 13.9 Å². The fourth-order valence-corrected chi connectivity index (χ4v) is 5.25. The number of aryl methyl sites for hydroxylation is 1. The maximum Gasteiger partial charge on any atom is 0.258 e. The molecule has 0 bridgehead atoms. The predicted molar refractivity (Wildman–Crippen MR) is 127 cm³/mol. The second kappa shape index (κ2) is 9.07. The lowest BCUT2D eigenvalue weighted by atomic mass is 9.78. The molecular formula is C25H27ClFN5O2. The van der Waals surface area contributed by atoms with Gasteiger partial charge in [0.25, 0.3) is 11.8 Å². The zero-order valence-electron chi connectivity index (χ0n) is 19.5. The smallest absolute Gasteiger partial charge is 0.258 e. The van der Waals surface area contributed by atoms with Crippen LogP contribution in [0.15, 0.2) is 22.9 Å². The van der Waals surface area contributed by atoms with E-state index in [0.717, 1.165) is 40.1 Å². The van der Waals surface area contributed by atoms with E-state index in [0.29, 0.717) is 49.9 Å². The number of ether oxygens (including phenoxy) is 1. The summed E-state index contributed by atoms with van der Waals surface area (Å²) in [6.45, 7) is 7.99. The van der Waals surface area contributed by atoms with Crippen molar-refractivity contribution in [2.24, 2.45) is 5.92 Å². The Kier molecular flexibility index (Phi) is 6.12. The van der Waals surface area contributed by atoms with Gasteiger partial charge < -0.3 is 15.4 Å². The number of fused-ring (bicyclic) bond motifs is 2. The number of amides is 1. The first-order valence-corrected chi connectivity index (χ1v) is 12.1. The minimum absolute atomic E-state index is 0.0605. The Morgan fingerprint density at radius 1 is 1.24 bits per heavy atom. The number of allylic oxidation sites excluding steroid dienone is 1. The Hall–Kier alpha value is -2.84. The Balaban J connectivity index is 1.61. The third kappa shape index (κ3) is 3.88. The molecule has 7 nitrogen and oxygen atoms in total. The molecule has 0 saturated heterocycles. The third-order valence-electron chi connectivity index (χ3n) is 7.02. The Bertz CT molecular complexity index is 1260. The number of hydrogen-bond donors (Lipinski definition) is 2. The molecule has 3 aliphatic rings. The lowest BCUT2D eigenvalue weighted by Crippen LogP contribution is -2.37. The van der Waals surface area contributed by atoms with Crippen molar-refractivity contribution in [1.29, 1.82) is 0 Å². The number of nitrogens with zero attached hydrogens (tertiary/aromatic N) is 3. The zero-order chi connectivity index (χ0) is 24.0. The molecule has 0 fully saturated rings. The van der Waals surface area contributed by atoms with E-state index in [9.17, 15) is 4.79 Å². The summed E-state index contributed by atoms with van der Waals surface area (Å²) < 4.78 is 21.9. The van der Waals surface area contributed by atoms with Crippen molar-refractivity contribution in [2.75, 3.05) is 13.1 Å². The van der Waals surface area contributed by atoms with E-state index < -0.39 is 5.82 Å². The number of carbonyl (C=O) groups excluding carboxylic acids is 1. The quantitative estimate of drug-likeness (QED) is 0.630. The summed E-state index contributed by atoms with van der Waals surface area (Å²) in [4.78, 5) is 25.6. The van der Waals surface area contributed by atoms with Crippen LogP contribution in [0.2, 0.25) is 5.28 Å². The molecule has 34 heavy (non-hydrogen) atoms. The first-order valence-electron chi connectivity index (χ1n) is 11.7. The number of hydrogen-bond acceptors (Lipinski definition) is 6. The second-order valence-electron chi connectivity index (χ2n) is 9.01. The highest BCUT2D eigenvalue weighted by molar-refractivity contribution is 6.28. The maximum absolute atomic E-state index is 16.0. The summed E-state index contributed by atoms with van der Waals surface area (Å²) in [5.74, 6) is -0.323. The molecule has 2 N–H and O–H groups in total. The fraction of sp³-hybridized carbons (Fsp3) is 0.440. The van der Waals surface area contributed by atoms with E-state index in [1.165, 1.54) is 0 Å². The number of nitrogens with one attached hydrogen (secondary N) is 2. The largest absolute Gasteiger partial charge is 0.417 e. The summed E-state index contributed by atoms with van der Waals surface area (Å²) in [5, 5.41) is 6.29. The van der Waals surface area contributed by atoms with Gasteiger partial charge in [0.2, 0.25) is 11.2 Å². The SMILES string of the molecule is CCC1=C(C2=C(C)[C@@H](C)CNC2=O)CCc2cnc(Oc3nc(Cl)nc4c3CNCC4)c(F)c21. The molecule has 1 aliphatic carbocycles. The maximum atomic E-state index is 16.0. The van der Waals surface area contributed by atoms with Crippen LogP contribution < -0.4 is 15.4 Å². The Morgan fingerprint density at radius 3 is 2.85 bits per heavy atom. The summed E-state index contributed by atoms with van der Waals surface area (Å²) in [6.07, 6.45) is 4.22. The first kappa shape index (κ1) is 22.9. The fourth-order valence-electron chi connectivity index (χ4n) is 5.07. The summed E-state index contributed by atoms with van der Waals surface area (Å²) in [5.41, 5.74) is 6.34. The number of halogens is 2. The lowest BCUT2D eigenvalue weighted by molar-refractivity contribution is -0.117. The topological polar surface area (TPSA) is 89.0 Å². The molecule has 5 rings (SSSR count). The van der Waals surface area contributed by atoms with Crippen LogP contribution in [0.3, 0.4) is 0 Å². The molecule has 1 atom stereocenters. The van der Waals surface area contributed by atoms with Crippen LogP contribution in [0.4, 0.5) is 4.39 Å². The van der Waals surface area contributed by atoms with Gasteiger partial charge in [-0.15, -0.1) is 0 Å². The Labute approximate surface area is 202 Å². The molecule has 0 unspecified atom stereocenters. The van der Waals surface area contributed by atoms with Gasteiger partial charge in [-0.25, -0.2) is 14.4 Å². The number of rotatable bonds is 4. The zero-order valence-corrected chi connectivity index (χ0v) is 20.3.